The van der Waals surface area contributed by atoms with Crippen LogP contribution in [-0.2, 0) is 25.9 Å². The molecule has 3 aliphatic heterocycles. The van der Waals surface area contributed by atoms with Gasteiger partial charge in [-0.3, -0.25) is 9.13 Å². The van der Waals surface area contributed by atoms with E-state index in [1.54, 1.807) is 4.57 Å². The fourth-order valence-electron chi connectivity index (χ4n) is 4.21. The van der Waals surface area contributed by atoms with Crippen molar-refractivity contribution in [1.29, 1.82) is 0 Å². The Balaban J connectivity index is 0.00000272. The third-order valence-electron chi connectivity index (χ3n) is 5.82. The molecule has 0 spiro atoms. The van der Waals surface area contributed by atoms with Crippen molar-refractivity contribution in [2.45, 2.75) is 77.6 Å². The molecule has 7 nitrogen and oxygen atoms in total. The number of aromatic nitrogens is 4. The number of rotatable bonds is 9. The minimum atomic E-state index is -0.270. The quantitative estimate of drug-likeness (QED) is 0.526. The normalized spacial score (nSPS) is 16.0. The van der Waals surface area contributed by atoms with Gasteiger partial charge in [-0.2, -0.15) is 0 Å². The van der Waals surface area contributed by atoms with Crippen LogP contribution in [0.2, 0.25) is 0 Å². The molecule has 0 aliphatic carbocycles. The number of aliphatic hydroxyl groups is 1. The summed E-state index contributed by atoms with van der Waals surface area (Å²) in [6, 6.07) is 10.5. The summed E-state index contributed by atoms with van der Waals surface area (Å²) in [7, 11) is 0. The first-order valence-corrected chi connectivity index (χ1v) is 11.1. The number of fused-ring (bicyclic) bond motifs is 3. The highest BCUT2D eigenvalue weighted by Crippen LogP contribution is 2.31. The predicted octanol–water partition coefficient (Wildman–Crippen LogP) is 3.51. The van der Waals surface area contributed by atoms with Gasteiger partial charge in [0.2, 0.25) is 0 Å². The summed E-state index contributed by atoms with van der Waals surface area (Å²) in [5.74, 6) is 2.21. The van der Waals surface area contributed by atoms with Gasteiger partial charge in [0.15, 0.2) is 5.82 Å². The highest BCUT2D eigenvalue weighted by atomic mass is 35.5. The van der Waals surface area contributed by atoms with Gasteiger partial charge in [-0.1, -0.05) is 44.2 Å². The van der Waals surface area contributed by atoms with E-state index in [2.05, 4.69) is 24.4 Å². The zero-order valence-electron chi connectivity index (χ0n) is 18.3. The van der Waals surface area contributed by atoms with Crippen molar-refractivity contribution in [3.63, 3.8) is 0 Å². The molecule has 2 atom stereocenters. The van der Waals surface area contributed by atoms with Crippen molar-refractivity contribution in [2.24, 2.45) is 0 Å². The summed E-state index contributed by atoms with van der Waals surface area (Å²) < 4.78 is 3.59. The fourth-order valence-corrected chi connectivity index (χ4v) is 4.21. The van der Waals surface area contributed by atoms with Crippen LogP contribution < -0.4 is 11.0 Å². The molecule has 2 N–H and O–H groups in total. The molecule has 0 bridgehead atoms. The number of halogens is 1. The van der Waals surface area contributed by atoms with Crippen LogP contribution in [0, 0.1) is 0 Å². The molecule has 1 aromatic carbocycles. The van der Waals surface area contributed by atoms with Crippen LogP contribution in [0.15, 0.2) is 35.1 Å². The first-order valence-electron chi connectivity index (χ1n) is 11.1. The number of hydrogen-bond acceptors (Lipinski definition) is 5. The van der Waals surface area contributed by atoms with Crippen LogP contribution >= 0.6 is 12.4 Å². The molecule has 0 aromatic heterocycles. The Labute approximate surface area is 189 Å². The molecule has 0 saturated carbocycles. The van der Waals surface area contributed by atoms with E-state index in [0.29, 0.717) is 25.3 Å². The van der Waals surface area contributed by atoms with E-state index in [4.69, 9.17) is 9.97 Å². The van der Waals surface area contributed by atoms with Crippen molar-refractivity contribution in [3.05, 3.63) is 52.2 Å². The number of nitrogens with one attached hydrogen (secondary N) is 1. The monoisotopic (exact) mass is 445 g/mol. The highest BCUT2D eigenvalue weighted by Gasteiger charge is 2.31. The van der Waals surface area contributed by atoms with E-state index in [0.717, 1.165) is 49.4 Å². The molecule has 3 heterocycles. The van der Waals surface area contributed by atoms with Gasteiger partial charge in [0, 0.05) is 25.6 Å². The number of hydrogen-bond donors (Lipinski definition) is 2. The maximum atomic E-state index is 13.2. The maximum absolute atomic E-state index is 13.2. The minimum absolute atomic E-state index is 0. The lowest BCUT2D eigenvalue weighted by Gasteiger charge is -2.13. The predicted molar refractivity (Wildman–Crippen MR) is 125 cm³/mol. The Morgan fingerprint density at radius 1 is 1.23 bits per heavy atom. The molecule has 168 valence electrons. The Morgan fingerprint density at radius 3 is 2.71 bits per heavy atom. The molecule has 4 rings (SSSR count). The van der Waals surface area contributed by atoms with Crippen molar-refractivity contribution in [3.8, 4) is 11.5 Å². The van der Waals surface area contributed by atoms with Crippen LogP contribution in [0.4, 0.5) is 5.82 Å². The van der Waals surface area contributed by atoms with E-state index in [1.165, 1.54) is 5.56 Å². The summed E-state index contributed by atoms with van der Waals surface area (Å²) in [4.78, 5) is 22.7. The van der Waals surface area contributed by atoms with E-state index in [1.807, 2.05) is 29.7 Å². The fraction of sp³-hybridized carbons (Fsp3) is 0.522. The second kappa shape index (κ2) is 10.3. The third-order valence-corrected chi connectivity index (χ3v) is 5.82. The first kappa shape index (κ1) is 23.3. The largest absolute Gasteiger partial charge is 0.393 e. The van der Waals surface area contributed by atoms with Gasteiger partial charge in [0.05, 0.1) is 6.10 Å². The SMILES string of the molecule is CCCn1c2nc(CCC[C@H](O)CC)nc-2c2n(c1=O)CC(Cc1ccccc1)N2.Cl. The Morgan fingerprint density at radius 2 is 2.00 bits per heavy atom. The van der Waals surface area contributed by atoms with Crippen LogP contribution in [0.5, 0.6) is 0 Å². The van der Waals surface area contributed by atoms with Crippen LogP contribution in [0.3, 0.4) is 0 Å². The number of aliphatic hydroxyl groups excluding tert-OH is 1. The molecule has 0 amide bonds. The zero-order valence-corrected chi connectivity index (χ0v) is 19.1. The average molecular weight is 446 g/mol. The average Bonchev–Trinajstić information content (AvgIpc) is 3.36. The van der Waals surface area contributed by atoms with Crippen LogP contribution in [-0.4, -0.2) is 36.4 Å². The van der Waals surface area contributed by atoms with Crippen molar-refractivity contribution in [2.75, 3.05) is 5.32 Å². The molecular weight excluding hydrogens is 414 g/mol. The molecule has 3 aliphatic rings. The third kappa shape index (κ3) is 4.93. The number of anilines is 1. The number of benzene rings is 1. The molecule has 1 unspecified atom stereocenters. The van der Waals surface area contributed by atoms with Crippen LogP contribution in [0.1, 0.15) is 50.9 Å². The lowest BCUT2D eigenvalue weighted by molar-refractivity contribution is 0.157. The lowest BCUT2D eigenvalue weighted by atomic mass is 10.1. The van der Waals surface area contributed by atoms with Crippen molar-refractivity contribution >= 4 is 18.2 Å². The molecule has 8 heteroatoms. The molecule has 0 saturated heterocycles. The topological polar surface area (TPSA) is 85.0 Å². The van der Waals surface area contributed by atoms with E-state index in [-0.39, 0.29) is 30.2 Å². The van der Waals surface area contributed by atoms with Crippen molar-refractivity contribution in [1.82, 2.24) is 19.1 Å². The minimum Gasteiger partial charge on any atom is -0.393 e. The number of imidazole rings is 1. The lowest BCUT2D eigenvalue weighted by Crippen LogP contribution is -2.32. The Hall–Kier alpha value is -2.38. The summed E-state index contributed by atoms with van der Waals surface area (Å²) in [5, 5.41) is 13.3. The molecular formula is C23H32ClN5O2. The Bertz CT molecular complexity index is 1020. The maximum Gasteiger partial charge on any atom is 0.331 e. The van der Waals surface area contributed by atoms with Gasteiger partial charge in [-0.25, -0.2) is 14.8 Å². The summed E-state index contributed by atoms with van der Waals surface area (Å²) in [5.41, 5.74) is 2.01. The van der Waals surface area contributed by atoms with Gasteiger partial charge in [0.25, 0.3) is 0 Å². The Kier molecular flexibility index (Phi) is 7.73. The van der Waals surface area contributed by atoms with E-state index < -0.39 is 0 Å². The second-order valence-electron chi connectivity index (χ2n) is 8.19. The summed E-state index contributed by atoms with van der Waals surface area (Å²) in [6.45, 7) is 5.31. The summed E-state index contributed by atoms with van der Waals surface area (Å²) >= 11 is 0. The van der Waals surface area contributed by atoms with Gasteiger partial charge in [0.1, 0.15) is 17.3 Å². The van der Waals surface area contributed by atoms with E-state index in [9.17, 15) is 9.90 Å². The smallest absolute Gasteiger partial charge is 0.331 e. The van der Waals surface area contributed by atoms with Gasteiger partial charge in [-0.15, -0.1) is 12.4 Å². The molecule has 31 heavy (non-hydrogen) atoms. The molecule has 1 aromatic rings. The first-order chi connectivity index (χ1) is 14.6. The van der Waals surface area contributed by atoms with Gasteiger partial charge < -0.3 is 10.4 Å². The second-order valence-corrected chi connectivity index (χ2v) is 8.19. The van der Waals surface area contributed by atoms with Crippen molar-refractivity contribution < 1.29 is 5.11 Å². The van der Waals surface area contributed by atoms with E-state index >= 15 is 0 Å². The molecule has 0 fully saturated rings. The van der Waals surface area contributed by atoms with Gasteiger partial charge in [-0.05, 0) is 37.7 Å². The summed E-state index contributed by atoms with van der Waals surface area (Å²) in [6.07, 6.45) is 4.49. The number of aryl methyl sites for hydroxylation is 1. The number of nitrogens with zero attached hydrogens (tertiary/aromatic N) is 4. The standard InChI is InChI=1S/C23H31N5O2.ClH/c1-3-13-27-22-20(25-19(26-22)12-8-11-18(29)4-2)21-24-17(15-28(21)23(27)30)14-16-9-6-5-7-10-16;/h5-7,9-10,17-18,24,29H,3-4,8,11-15H2,1-2H3;1H/t17?,18-;/m1./s1. The zero-order chi connectivity index (χ0) is 21.1. The highest BCUT2D eigenvalue weighted by molar-refractivity contribution is 5.85. The van der Waals surface area contributed by atoms with Crippen LogP contribution in [0.25, 0.3) is 11.5 Å². The molecule has 0 radical (unpaired) electrons. The van der Waals surface area contributed by atoms with Gasteiger partial charge >= 0.3 is 5.69 Å².